The van der Waals surface area contributed by atoms with Gasteiger partial charge in [-0.3, -0.25) is 9.59 Å². The number of nitrogens with zero attached hydrogens (tertiary/aromatic N) is 1. The van der Waals surface area contributed by atoms with Crippen molar-refractivity contribution in [2.45, 2.75) is 38.3 Å². The van der Waals surface area contributed by atoms with Crippen LogP contribution in [0.5, 0.6) is 0 Å². The van der Waals surface area contributed by atoms with Crippen molar-refractivity contribution in [1.29, 1.82) is 0 Å². The van der Waals surface area contributed by atoms with Crippen LogP contribution in [0.4, 0.5) is 0 Å². The van der Waals surface area contributed by atoms with Gasteiger partial charge in [0.05, 0.1) is 18.8 Å². The summed E-state index contributed by atoms with van der Waals surface area (Å²) in [5.74, 6) is 0.342. The van der Waals surface area contributed by atoms with E-state index in [1.165, 1.54) is 6.26 Å². The van der Waals surface area contributed by atoms with Gasteiger partial charge in [0.15, 0.2) is 0 Å². The molecule has 6 heteroatoms. The van der Waals surface area contributed by atoms with E-state index in [0.29, 0.717) is 18.8 Å². The second kappa shape index (κ2) is 6.88. The lowest BCUT2D eigenvalue weighted by atomic mass is 10.2. The molecule has 1 aromatic rings. The second-order valence-electron chi connectivity index (χ2n) is 4.79. The predicted molar refractivity (Wildman–Crippen MR) is 70.6 cm³/mol. The fourth-order valence-corrected chi connectivity index (χ4v) is 2.29. The van der Waals surface area contributed by atoms with E-state index in [2.05, 4.69) is 5.32 Å². The molecular formula is C14H18N2O4. The Hall–Kier alpha value is -2.11. The zero-order valence-corrected chi connectivity index (χ0v) is 11.2. The summed E-state index contributed by atoms with van der Waals surface area (Å²) in [5, 5.41) is 2.68. The number of furan rings is 1. The van der Waals surface area contributed by atoms with Crippen LogP contribution < -0.4 is 5.32 Å². The van der Waals surface area contributed by atoms with Crippen LogP contribution in [0.15, 0.2) is 22.8 Å². The SMILES string of the molecule is O=C[C@@H]1CCCN1C(=O)CCC(=O)NCc1ccco1. The van der Waals surface area contributed by atoms with Crippen LogP contribution in [0.25, 0.3) is 0 Å². The van der Waals surface area contributed by atoms with Gasteiger partial charge >= 0.3 is 0 Å². The van der Waals surface area contributed by atoms with Crippen LogP contribution in [0.1, 0.15) is 31.4 Å². The molecule has 1 aromatic heterocycles. The smallest absolute Gasteiger partial charge is 0.223 e. The lowest BCUT2D eigenvalue weighted by Gasteiger charge is -2.20. The van der Waals surface area contributed by atoms with Crippen molar-refractivity contribution in [2.24, 2.45) is 0 Å². The Bertz CT molecular complexity index is 470. The van der Waals surface area contributed by atoms with Gasteiger partial charge in [-0.1, -0.05) is 0 Å². The van der Waals surface area contributed by atoms with Gasteiger partial charge in [-0.2, -0.15) is 0 Å². The third-order valence-corrected chi connectivity index (χ3v) is 3.38. The summed E-state index contributed by atoms with van der Waals surface area (Å²) < 4.78 is 5.09. The summed E-state index contributed by atoms with van der Waals surface area (Å²) in [6, 6.07) is 3.20. The third kappa shape index (κ3) is 3.69. The Morgan fingerprint density at radius 3 is 3.00 bits per heavy atom. The number of carbonyl (C=O) groups is 3. The molecule has 0 spiro atoms. The Balaban J connectivity index is 1.70. The lowest BCUT2D eigenvalue weighted by Crippen LogP contribution is -2.37. The highest BCUT2D eigenvalue weighted by Crippen LogP contribution is 2.16. The minimum Gasteiger partial charge on any atom is -0.467 e. The maximum atomic E-state index is 11.9. The van der Waals surface area contributed by atoms with Gasteiger partial charge in [-0.25, -0.2) is 0 Å². The molecule has 6 nitrogen and oxygen atoms in total. The van der Waals surface area contributed by atoms with E-state index in [1.807, 2.05) is 0 Å². The van der Waals surface area contributed by atoms with Crippen LogP contribution in [-0.2, 0) is 20.9 Å². The lowest BCUT2D eigenvalue weighted by molar-refractivity contribution is -0.136. The van der Waals surface area contributed by atoms with Crippen molar-refractivity contribution in [3.05, 3.63) is 24.2 Å². The Morgan fingerprint density at radius 1 is 1.45 bits per heavy atom. The monoisotopic (exact) mass is 278 g/mol. The number of nitrogens with one attached hydrogen (secondary N) is 1. The summed E-state index contributed by atoms with van der Waals surface area (Å²) in [7, 11) is 0. The number of carbonyl (C=O) groups excluding carboxylic acids is 3. The molecule has 1 saturated heterocycles. The number of likely N-dealkylation sites (tertiary alicyclic amines) is 1. The van der Waals surface area contributed by atoms with Gasteiger partial charge in [0.2, 0.25) is 11.8 Å². The molecule has 2 amide bonds. The molecule has 0 aliphatic carbocycles. The molecule has 1 aliphatic heterocycles. The largest absolute Gasteiger partial charge is 0.467 e. The standard InChI is InChI=1S/C14H18N2O4/c17-10-11-3-1-7-16(11)14(19)6-5-13(18)15-9-12-4-2-8-20-12/h2,4,8,10-11H,1,3,5-7,9H2,(H,15,18)/t11-/m0/s1. The van der Waals surface area contributed by atoms with Crippen molar-refractivity contribution in [2.75, 3.05) is 6.54 Å². The van der Waals surface area contributed by atoms with E-state index in [1.54, 1.807) is 17.0 Å². The van der Waals surface area contributed by atoms with Gasteiger partial charge in [0.1, 0.15) is 12.0 Å². The first kappa shape index (κ1) is 14.3. The van der Waals surface area contributed by atoms with Crippen LogP contribution in [-0.4, -0.2) is 35.6 Å². The maximum absolute atomic E-state index is 11.9. The molecule has 0 bridgehead atoms. The quantitative estimate of drug-likeness (QED) is 0.783. The number of hydrogen-bond donors (Lipinski definition) is 1. The minimum absolute atomic E-state index is 0.127. The first-order valence-corrected chi connectivity index (χ1v) is 6.74. The molecule has 1 fully saturated rings. The first-order valence-electron chi connectivity index (χ1n) is 6.74. The molecule has 0 saturated carbocycles. The number of aldehydes is 1. The van der Waals surface area contributed by atoms with Crippen molar-refractivity contribution >= 4 is 18.1 Å². The number of rotatable bonds is 6. The Labute approximate surface area is 117 Å². The van der Waals surface area contributed by atoms with Crippen molar-refractivity contribution < 1.29 is 18.8 Å². The average Bonchev–Trinajstić information content (AvgIpc) is 3.12. The zero-order chi connectivity index (χ0) is 14.4. The Kier molecular flexibility index (Phi) is 4.92. The molecule has 1 aliphatic rings. The minimum atomic E-state index is -0.311. The summed E-state index contributed by atoms with van der Waals surface area (Å²) in [6.07, 6.45) is 4.18. The van der Waals surface area contributed by atoms with E-state index in [4.69, 9.17) is 4.42 Å². The van der Waals surface area contributed by atoms with Gasteiger partial charge in [-0.15, -0.1) is 0 Å². The Morgan fingerprint density at radius 2 is 2.30 bits per heavy atom. The van der Waals surface area contributed by atoms with Gasteiger partial charge in [0.25, 0.3) is 0 Å². The van der Waals surface area contributed by atoms with E-state index < -0.39 is 0 Å². The fourth-order valence-electron chi connectivity index (χ4n) is 2.29. The molecule has 0 unspecified atom stereocenters. The fraction of sp³-hybridized carbons (Fsp3) is 0.500. The molecule has 108 valence electrons. The second-order valence-corrected chi connectivity index (χ2v) is 4.79. The van der Waals surface area contributed by atoms with Crippen molar-refractivity contribution in [3.8, 4) is 0 Å². The van der Waals surface area contributed by atoms with Gasteiger partial charge < -0.3 is 19.4 Å². The summed E-state index contributed by atoms with van der Waals surface area (Å²) in [6.45, 7) is 0.928. The molecule has 2 heterocycles. The van der Waals surface area contributed by atoms with Crippen molar-refractivity contribution in [3.63, 3.8) is 0 Å². The first-order chi connectivity index (χ1) is 9.70. The summed E-state index contributed by atoms with van der Waals surface area (Å²) in [5.41, 5.74) is 0. The molecule has 0 radical (unpaired) electrons. The van der Waals surface area contributed by atoms with E-state index in [-0.39, 0.29) is 30.7 Å². The molecule has 0 aromatic carbocycles. The average molecular weight is 278 g/mol. The molecular weight excluding hydrogens is 260 g/mol. The van der Waals surface area contributed by atoms with E-state index >= 15 is 0 Å². The molecule has 1 atom stereocenters. The van der Waals surface area contributed by atoms with E-state index in [0.717, 1.165) is 19.1 Å². The van der Waals surface area contributed by atoms with Gasteiger partial charge in [-0.05, 0) is 25.0 Å². The summed E-state index contributed by atoms with van der Waals surface area (Å²) >= 11 is 0. The molecule has 20 heavy (non-hydrogen) atoms. The third-order valence-electron chi connectivity index (χ3n) is 3.38. The number of amides is 2. The van der Waals surface area contributed by atoms with Crippen LogP contribution in [0, 0.1) is 0 Å². The van der Waals surface area contributed by atoms with Crippen LogP contribution >= 0.6 is 0 Å². The molecule has 2 rings (SSSR count). The predicted octanol–water partition coefficient (Wildman–Crippen LogP) is 0.866. The van der Waals surface area contributed by atoms with Crippen molar-refractivity contribution in [1.82, 2.24) is 10.2 Å². The summed E-state index contributed by atoms with van der Waals surface area (Å²) in [4.78, 5) is 35.9. The van der Waals surface area contributed by atoms with Crippen LogP contribution in [0.2, 0.25) is 0 Å². The van der Waals surface area contributed by atoms with Crippen LogP contribution in [0.3, 0.4) is 0 Å². The zero-order valence-electron chi connectivity index (χ0n) is 11.2. The highest BCUT2D eigenvalue weighted by molar-refractivity contribution is 5.85. The topological polar surface area (TPSA) is 79.6 Å². The van der Waals surface area contributed by atoms with Gasteiger partial charge in [0, 0.05) is 19.4 Å². The highest BCUT2D eigenvalue weighted by atomic mass is 16.3. The highest BCUT2D eigenvalue weighted by Gasteiger charge is 2.27. The maximum Gasteiger partial charge on any atom is 0.223 e. The number of hydrogen-bond acceptors (Lipinski definition) is 4. The normalized spacial score (nSPS) is 18.0. The molecule has 1 N–H and O–H groups in total. The van der Waals surface area contributed by atoms with E-state index in [9.17, 15) is 14.4 Å².